The van der Waals surface area contributed by atoms with Crippen molar-refractivity contribution < 1.29 is 9.90 Å². The minimum Gasteiger partial charge on any atom is -0.478 e. The maximum absolute atomic E-state index is 10.5. The zero-order valence-electron chi connectivity index (χ0n) is 10.6. The maximum atomic E-state index is 10.5. The van der Waals surface area contributed by atoms with Gasteiger partial charge in [-0.1, -0.05) is 25.3 Å². The molecule has 1 aliphatic carbocycles. The van der Waals surface area contributed by atoms with E-state index in [9.17, 15) is 4.79 Å². The molecule has 0 aromatic rings. The summed E-state index contributed by atoms with van der Waals surface area (Å²) < 4.78 is 0. The molecule has 3 nitrogen and oxygen atoms in total. The summed E-state index contributed by atoms with van der Waals surface area (Å²) in [7, 11) is 2.10. The van der Waals surface area contributed by atoms with Crippen molar-refractivity contribution in [1.29, 1.82) is 0 Å². The lowest BCUT2D eigenvalue weighted by Crippen LogP contribution is -2.39. The highest BCUT2D eigenvalue weighted by molar-refractivity contribution is 5.80. The maximum Gasteiger partial charge on any atom is 0.328 e. The molecule has 0 aliphatic heterocycles. The van der Waals surface area contributed by atoms with Crippen LogP contribution in [0, 0.1) is 5.92 Å². The Morgan fingerprint density at radius 1 is 1.44 bits per heavy atom. The summed E-state index contributed by atoms with van der Waals surface area (Å²) in [5, 5.41) is 8.66. The molecule has 1 aliphatic rings. The van der Waals surface area contributed by atoms with Crippen LogP contribution in [0.3, 0.4) is 0 Å². The van der Waals surface area contributed by atoms with Crippen molar-refractivity contribution in [3.05, 3.63) is 11.6 Å². The largest absolute Gasteiger partial charge is 0.478 e. The Bertz CT molecular complexity index is 273. The molecular formula is C13H23NO2. The number of likely N-dealkylation sites (N-methyl/N-ethyl adjacent to an activating group) is 1. The molecule has 0 radical (unpaired) electrons. The van der Waals surface area contributed by atoms with Gasteiger partial charge in [-0.05, 0) is 32.7 Å². The van der Waals surface area contributed by atoms with E-state index in [1.165, 1.54) is 31.8 Å². The summed E-state index contributed by atoms with van der Waals surface area (Å²) in [6, 6.07) is 0.617. The van der Waals surface area contributed by atoms with E-state index in [1.54, 1.807) is 0 Å². The van der Waals surface area contributed by atoms with Crippen molar-refractivity contribution in [2.75, 3.05) is 13.6 Å². The molecule has 0 saturated heterocycles. The van der Waals surface area contributed by atoms with Gasteiger partial charge in [-0.15, -0.1) is 0 Å². The van der Waals surface area contributed by atoms with Crippen LogP contribution in [0.1, 0.15) is 39.5 Å². The average Bonchev–Trinajstić information content (AvgIpc) is 2.16. The molecule has 1 rings (SSSR count). The van der Waals surface area contributed by atoms with E-state index >= 15 is 0 Å². The van der Waals surface area contributed by atoms with Crippen molar-refractivity contribution in [1.82, 2.24) is 4.90 Å². The van der Waals surface area contributed by atoms with Crippen molar-refractivity contribution in [2.24, 2.45) is 5.92 Å². The second-order valence-corrected chi connectivity index (χ2v) is 5.07. The van der Waals surface area contributed by atoms with Crippen LogP contribution in [0.4, 0.5) is 0 Å². The normalized spacial score (nSPS) is 27.1. The number of carboxylic acids is 1. The summed E-state index contributed by atoms with van der Waals surface area (Å²) >= 11 is 0. The molecule has 1 fully saturated rings. The smallest absolute Gasteiger partial charge is 0.328 e. The monoisotopic (exact) mass is 225 g/mol. The number of nitrogens with zero attached hydrogens (tertiary/aromatic N) is 1. The number of aliphatic carboxylic acids is 1. The Labute approximate surface area is 98.1 Å². The van der Waals surface area contributed by atoms with Gasteiger partial charge in [0.2, 0.25) is 0 Å². The van der Waals surface area contributed by atoms with Gasteiger partial charge in [0.15, 0.2) is 0 Å². The van der Waals surface area contributed by atoms with Gasteiger partial charge in [-0.2, -0.15) is 0 Å². The van der Waals surface area contributed by atoms with Crippen LogP contribution in [0.25, 0.3) is 0 Å². The van der Waals surface area contributed by atoms with Gasteiger partial charge in [-0.25, -0.2) is 4.79 Å². The highest BCUT2D eigenvalue weighted by atomic mass is 16.4. The first-order valence-corrected chi connectivity index (χ1v) is 6.11. The van der Waals surface area contributed by atoms with Gasteiger partial charge in [-0.3, -0.25) is 4.90 Å². The lowest BCUT2D eigenvalue weighted by molar-refractivity contribution is -0.131. The van der Waals surface area contributed by atoms with Crippen LogP contribution >= 0.6 is 0 Å². The van der Waals surface area contributed by atoms with Crippen LogP contribution in [0.5, 0.6) is 0 Å². The molecule has 3 heteroatoms. The van der Waals surface area contributed by atoms with Crippen LogP contribution in [0.15, 0.2) is 11.6 Å². The molecule has 1 N–H and O–H groups in total. The Balaban J connectivity index is 2.50. The van der Waals surface area contributed by atoms with Gasteiger partial charge in [0.05, 0.1) is 0 Å². The van der Waals surface area contributed by atoms with Crippen LogP contribution in [-0.2, 0) is 4.79 Å². The van der Waals surface area contributed by atoms with Crippen molar-refractivity contribution >= 4 is 5.97 Å². The average molecular weight is 225 g/mol. The summed E-state index contributed by atoms with van der Waals surface area (Å²) in [5.41, 5.74) is 0.924. The molecule has 2 atom stereocenters. The molecule has 0 heterocycles. The van der Waals surface area contributed by atoms with E-state index in [4.69, 9.17) is 5.11 Å². The fourth-order valence-electron chi connectivity index (χ4n) is 2.72. The Morgan fingerprint density at radius 3 is 2.62 bits per heavy atom. The third-order valence-corrected chi connectivity index (χ3v) is 3.50. The Morgan fingerprint density at radius 2 is 2.06 bits per heavy atom. The highest BCUT2D eigenvalue weighted by Crippen LogP contribution is 2.27. The zero-order valence-corrected chi connectivity index (χ0v) is 10.6. The van der Waals surface area contributed by atoms with Gasteiger partial charge < -0.3 is 5.11 Å². The van der Waals surface area contributed by atoms with Crippen LogP contribution in [-0.4, -0.2) is 35.6 Å². The highest BCUT2D eigenvalue weighted by Gasteiger charge is 2.24. The van der Waals surface area contributed by atoms with E-state index in [1.807, 2.05) is 6.92 Å². The molecule has 0 bridgehead atoms. The molecule has 0 aromatic heterocycles. The quantitative estimate of drug-likeness (QED) is 0.747. The van der Waals surface area contributed by atoms with Gasteiger partial charge in [0.25, 0.3) is 0 Å². The summed E-state index contributed by atoms with van der Waals surface area (Å²) in [6.07, 6.45) is 6.51. The standard InChI is InChI=1S/C13H23NO2/c1-10(8-13(15)16)9-14(3)12-7-5-4-6-11(12)2/h8,11-12H,4-7,9H2,1-3H3,(H,15,16). The first kappa shape index (κ1) is 13.2. The van der Waals surface area contributed by atoms with E-state index < -0.39 is 5.97 Å². The molecule has 0 amide bonds. The number of rotatable bonds is 4. The molecule has 0 aromatic carbocycles. The predicted molar refractivity (Wildman–Crippen MR) is 65.4 cm³/mol. The first-order chi connectivity index (χ1) is 7.50. The van der Waals surface area contributed by atoms with Crippen molar-refractivity contribution in [3.63, 3.8) is 0 Å². The van der Waals surface area contributed by atoms with E-state index in [-0.39, 0.29) is 0 Å². The minimum atomic E-state index is -0.845. The fourth-order valence-corrected chi connectivity index (χ4v) is 2.72. The zero-order chi connectivity index (χ0) is 12.1. The van der Waals surface area contributed by atoms with E-state index in [0.29, 0.717) is 6.04 Å². The van der Waals surface area contributed by atoms with E-state index in [2.05, 4.69) is 18.9 Å². The van der Waals surface area contributed by atoms with Gasteiger partial charge in [0.1, 0.15) is 0 Å². The third kappa shape index (κ3) is 3.97. The van der Waals surface area contributed by atoms with Gasteiger partial charge >= 0.3 is 5.97 Å². The summed E-state index contributed by atoms with van der Waals surface area (Å²) in [5.74, 6) is -0.112. The molecule has 1 saturated carbocycles. The van der Waals surface area contributed by atoms with Gasteiger partial charge in [0, 0.05) is 18.7 Å². The fraction of sp³-hybridized carbons (Fsp3) is 0.769. The molecule has 0 spiro atoms. The Kier molecular flexibility index (Phi) is 5.00. The third-order valence-electron chi connectivity index (χ3n) is 3.50. The topological polar surface area (TPSA) is 40.5 Å². The molecular weight excluding hydrogens is 202 g/mol. The first-order valence-electron chi connectivity index (χ1n) is 6.11. The van der Waals surface area contributed by atoms with E-state index in [0.717, 1.165) is 18.0 Å². The SMILES string of the molecule is CC(=CC(=O)O)CN(C)C1CCCCC1C. The van der Waals surface area contributed by atoms with Crippen molar-refractivity contribution in [2.45, 2.75) is 45.6 Å². The lowest BCUT2D eigenvalue weighted by Gasteiger charge is -2.36. The number of carbonyl (C=O) groups is 1. The predicted octanol–water partition coefficient (Wildman–Crippen LogP) is 2.53. The van der Waals surface area contributed by atoms with Crippen LogP contribution in [0.2, 0.25) is 0 Å². The molecule has 92 valence electrons. The second kappa shape index (κ2) is 6.04. The summed E-state index contributed by atoms with van der Waals surface area (Å²) in [6.45, 7) is 4.95. The lowest BCUT2D eigenvalue weighted by atomic mass is 9.85. The minimum absolute atomic E-state index is 0.617. The van der Waals surface area contributed by atoms with Crippen molar-refractivity contribution in [3.8, 4) is 0 Å². The summed E-state index contributed by atoms with van der Waals surface area (Å²) in [4.78, 5) is 12.8. The number of hydrogen-bond donors (Lipinski definition) is 1. The Hall–Kier alpha value is -0.830. The molecule has 16 heavy (non-hydrogen) atoms. The number of hydrogen-bond acceptors (Lipinski definition) is 2. The van der Waals surface area contributed by atoms with Crippen LogP contribution < -0.4 is 0 Å². The number of carboxylic acid groups (broad SMARTS) is 1. The molecule has 2 unspecified atom stereocenters. The second-order valence-electron chi connectivity index (χ2n) is 5.07.